The third-order valence-electron chi connectivity index (χ3n) is 7.37. The molecule has 2 heterocycles. The normalized spacial score (nSPS) is 20.1. The Kier molecular flexibility index (Phi) is 9.84. The number of amides is 3. The summed E-state index contributed by atoms with van der Waals surface area (Å²) in [6.07, 6.45) is -9.23. The Morgan fingerprint density at radius 3 is 2.22 bits per heavy atom. The van der Waals surface area contributed by atoms with Crippen molar-refractivity contribution in [3.8, 4) is 0 Å². The first kappa shape index (κ1) is 32.5. The Labute approximate surface area is 238 Å². The number of benzene rings is 2. The Balaban J connectivity index is 0.00000462. The van der Waals surface area contributed by atoms with Gasteiger partial charge in [0.1, 0.15) is 5.82 Å². The zero-order valence-electron chi connectivity index (χ0n) is 22.3. The number of alkyl halides is 6. The second kappa shape index (κ2) is 12.4. The summed E-state index contributed by atoms with van der Waals surface area (Å²) in [5, 5.41) is 3.01. The SMILES string of the molecule is Cc1cc(F)ccc1C1C[C@@H](N2CCNCC2=O)CCN1C(=O)N(C)Cc1cc(C(F)(F)F)cc(C(F)(F)F)c1.Cl. The van der Waals surface area contributed by atoms with Crippen LogP contribution in [0.5, 0.6) is 0 Å². The van der Waals surface area contributed by atoms with Crippen LogP contribution in [0.2, 0.25) is 0 Å². The molecular formula is C27H30ClF7N4O2. The fraction of sp³-hybridized carbons (Fsp3) is 0.481. The molecule has 1 N–H and O–H groups in total. The van der Waals surface area contributed by atoms with Crippen molar-refractivity contribution in [1.29, 1.82) is 0 Å². The van der Waals surface area contributed by atoms with Crippen molar-refractivity contribution in [1.82, 2.24) is 20.0 Å². The van der Waals surface area contributed by atoms with Gasteiger partial charge in [-0.05, 0) is 66.8 Å². The zero-order chi connectivity index (χ0) is 29.4. The van der Waals surface area contributed by atoms with E-state index in [-0.39, 0.29) is 49.1 Å². The minimum absolute atomic E-state index is 0. The number of halogens is 8. The van der Waals surface area contributed by atoms with Crippen molar-refractivity contribution in [2.24, 2.45) is 0 Å². The Bertz CT molecular complexity index is 1240. The van der Waals surface area contributed by atoms with E-state index in [2.05, 4.69) is 5.32 Å². The number of aryl methyl sites for hydroxylation is 1. The molecule has 3 amide bonds. The zero-order valence-corrected chi connectivity index (χ0v) is 23.1. The Morgan fingerprint density at radius 2 is 1.66 bits per heavy atom. The van der Waals surface area contributed by atoms with Gasteiger partial charge in [-0.3, -0.25) is 4.79 Å². The van der Waals surface area contributed by atoms with Crippen LogP contribution in [0.3, 0.4) is 0 Å². The van der Waals surface area contributed by atoms with E-state index in [1.54, 1.807) is 17.9 Å². The molecular weight excluding hydrogens is 581 g/mol. The minimum Gasteiger partial charge on any atom is -0.337 e. The molecule has 0 radical (unpaired) electrons. The number of rotatable bonds is 4. The highest BCUT2D eigenvalue weighted by atomic mass is 35.5. The number of carbonyl (C=O) groups is 2. The van der Waals surface area contributed by atoms with Crippen LogP contribution in [-0.2, 0) is 23.7 Å². The predicted molar refractivity (Wildman–Crippen MR) is 139 cm³/mol. The van der Waals surface area contributed by atoms with Gasteiger partial charge in [0.15, 0.2) is 0 Å². The molecule has 226 valence electrons. The maximum atomic E-state index is 13.9. The number of nitrogens with one attached hydrogen (secondary N) is 1. The van der Waals surface area contributed by atoms with Crippen LogP contribution in [0, 0.1) is 12.7 Å². The summed E-state index contributed by atoms with van der Waals surface area (Å²) in [7, 11) is 1.30. The van der Waals surface area contributed by atoms with Crippen molar-refractivity contribution in [3.63, 3.8) is 0 Å². The Morgan fingerprint density at radius 1 is 1.02 bits per heavy atom. The number of piperazine rings is 1. The van der Waals surface area contributed by atoms with Gasteiger partial charge >= 0.3 is 18.4 Å². The quantitative estimate of drug-likeness (QED) is 0.447. The predicted octanol–water partition coefficient (Wildman–Crippen LogP) is 5.78. The topological polar surface area (TPSA) is 55.9 Å². The summed E-state index contributed by atoms with van der Waals surface area (Å²) in [5.41, 5.74) is -2.02. The molecule has 41 heavy (non-hydrogen) atoms. The van der Waals surface area contributed by atoms with Gasteiger partial charge in [-0.2, -0.15) is 26.3 Å². The fourth-order valence-corrected chi connectivity index (χ4v) is 5.45. The monoisotopic (exact) mass is 610 g/mol. The highest BCUT2D eigenvalue weighted by molar-refractivity contribution is 5.85. The number of piperidine rings is 1. The van der Waals surface area contributed by atoms with E-state index in [0.29, 0.717) is 49.2 Å². The third-order valence-corrected chi connectivity index (χ3v) is 7.37. The average Bonchev–Trinajstić information content (AvgIpc) is 2.87. The van der Waals surface area contributed by atoms with Crippen molar-refractivity contribution in [2.75, 3.05) is 33.2 Å². The summed E-state index contributed by atoms with van der Waals surface area (Å²) in [6.45, 7) is 2.67. The highest BCUT2D eigenvalue weighted by Gasteiger charge is 2.40. The second-order valence-electron chi connectivity index (χ2n) is 10.2. The largest absolute Gasteiger partial charge is 0.416 e. The number of hydrogen-bond donors (Lipinski definition) is 1. The van der Waals surface area contributed by atoms with E-state index in [1.165, 1.54) is 24.1 Å². The fourth-order valence-electron chi connectivity index (χ4n) is 5.45. The molecule has 2 atom stereocenters. The molecule has 0 bridgehead atoms. The standard InChI is InChI=1S/C27H29F7N4O2.ClH/c1-16-9-20(28)3-4-22(16)23-13-21(37-8-6-35-14-24(37)39)5-7-38(23)25(40)36(2)15-17-10-18(26(29,30)31)12-19(11-17)27(32,33)34;/h3-4,9-12,21,23,35H,5-8,13-15H2,1-2H3;1H/t21-,23?;/m0./s1. The van der Waals surface area contributed by atoms with Gasteiger partial charge in [0.25, 0.3) is 0 Å². The summed E-state index contributed by atoms with van der Waals surface area (Å²) < 4.78 is 93.9. The first-order chi connectivity index (χ1) is 18.6. The molecule has 2 aliphatic rings. The molecule has 0 aromatic heterocycles. The van der Waals surface area contributed by atoms with Gasteiger partial charge in [-0.15, -0.1) is 12.4 Å². The lowest BCUT2D eigenvalue weighted by molar-refractivity contribution is -0.143. The summed E-state index contributed by atoms with van der Waals surface area (Å²) >= 11 is 0. The van der Waals surface area contributed by atoms with Crippen LogP contribution in [0.15, 0.2) is 36.4 Å². The molecule has 2 saturated heterocycles. The molecule has 4 rings (SSSR count). The van der Waals surface area contributed by atoms with Crippen molar-refractivity contribution in [3.05, 3.63) is 70.0 Å². The number of nitrogens with zero attached hydrogens (tertiary/aromatic N) is 3. The Hall–Kier alpha value is -3.06. The van der Waals surface area contributed by atoms with Crippen molar-refractivity contribution in [2.45, 2.75) is 50.7 Å². The van der Waals surface area contributed by atoms with Gasteiger partial charge in [-0.25, -0.2) is 9.18 Å². The second-order valence-corrected chi connectivity index (χ2v) is 10.2. The van der Waals surface area contributed by atoms with E-state index in [4.69, 9.17) is 0 Å². The average molecular weight is 611 g/mol. The van der Waals surface area contributed by atoms with Crippen LogP contribution < -0.4 is 5.32 Å². The molecule has 0 saturated carbocycles. The van der Waals surface area contributed by atoms with E-state index in [0.717, 1.165) is 4.90 Å². The van der Waals surface area contributed by atoms with Gasteiger partial charge < -0.3 is 20.0 Å². The van der Waals surface area contributed by atoms with E-state index >= 15 is 0 Å². The van der Waals surface area contributed by atoms with Crippen LogP contribution in [-0.4, -0.2) is 65.9 Å². The molecule has 0 aliphatic carbocycles. The van der Waals surface area contributed by atoms with E-state index in [1.807, 2.05) is 0 Å². The number of hydrogen-bond acceptors (Lipinski definition) is 3. The smallest absolute Gasteiger partial charge is 0.337 e. The molecule has 1 unspecified atom stereocenters. The van der Waals surface area contributed by atoms with E-state index in [9.17, 15) is 40.3 Å². The lowest BCUT2D eigenvalue weighted by Crippen LogP contribution is -2.57. The highest BCUT2D eigenvalue weighted by Crippen LogP contribution is 2.38. The molecule has 0 spiro atoms. The van der Waals surface area contributed by atoms with Crippen LogP contribution in [0.25, 0.3) is 0 Å². The van der Waals surface area contributed by atoms with Gasteiger partial charge in [0, 0.05) is 39.3 Å². The summed E-state index contributed by atoms with van der Waals surface area (Å²) in [6, 6.07) is 3.98. The van der Waals surface area contributed by atoms with Gasteiger partial charge in [0.2, 0.25) is 5.91 Å². The molecule has 2 fully saturated rings. The van der Waals surface area contributed by atoms with Crippen LogP contribution in [0.1, 0.15) is 46.7 Å². The van der Waals surface area contributed by atoms with Gasteiger partial charge in [-0.1, -0.05) is 6.07 Å². The van der Waals surface area contributed by atoms with Gasteiger partial charge in [0.05, 0.1) is 23.7 Å². The number of likely N-dealkylation sites (tertiary alicyclic amines) is 1. The number of carbonyl (C=O) groups excluding carboxylic acids is 2. The summed E-state index contributed by atoms with van der Waals surface area (Å²) in [5.74, 6) is -0.543. The maximum Gasteiger partial charge on any atom is 0.416 e. The lowest BCUT2D eigenvalue weighted by Gasteiger charge is -2.46. The molecule has 2 aromatic carbocycles. The first-order valence-corrected chi connectivity index (χ1v) is 12.7. The van der Waals surface area contributed by atoms with Crippen molar-refractivity contribution >= 4 is 24.3 Å². The van der Waals surface area contributed by atoms with Crippen LogP contribution >= 0.6 is 12.4 Å². The molecule has 2 aromatic rings. The van der Waals surface area contributed by atoms with Crippen LogP contribution in [0.4, 0.5) is 35.5 Å². The first-order valence-electron chi connectivity index (χ1n) is 12.7. The lowest BCUT2D eigenvalue weighted by atomic mass is 9.88. The van der Waals surface area contributed by atoms with E-state index < -0.39 is 47.9 Å². The third kappa shape index (κ3) is 7.42. The molecule has 14 heteroatoms. The maximum absolute atomic E-state index is 13.9. The minimum atomic E-state index is -5.01. The summed E-state index contributed by atoms with van der Waals surface area (Å²) in [4.78, 5) is 30.5. The molecule has 2 aliphatic heterocycles. The molecule has 6 nitrogen and oxygen atoms in total. The number of urea groups is 1. The van der Waals surface area contributed by atoms with Crippen molar-refractivity contribution < 1.29 is 40.3 Å².